The molecule has 0 fully saturated rings. The summed E-state index contributed by atoms with van der Waals surface area (Å²) in [6, 6.07) is 16.6. The van der Waals surface area contributed by atoms with Crippen LogP contribution in [-0.4, -0.2) is 7.11 Å². The maximum absolute atomic E-state index is 5.13. The van der Waals surface area contributed by atoms with E-state index in [9.17, 15) is 0 Å². The van der Waals surface area contributed by atoms with Gasteiger partial charge in [-0.3, -0.25) is 0 Å². The molecule has 0 heterocycles. The summed E-state index contributed by atoms with van der Waals surface area (Å²) in [4.78, 5) is 0. The number of benzene rings is 2. The SMILES string of the molecule is COc1ccc(/C=C/Cc2ccccc2C)cc1. The Bertz CT molecular complexity index is 524. The van der Waals surface area contributed by atoms with Gasteiger partial charge in [-0.15, -0.1) is 0 Å². The van der Waals surface area contributed by atoms with Crippen molar-refractivity contribution in [2.24, 2.45) is 0 Å². The van der Waals surface area contributed by atoms with Crippen molar-refractivity contribution in [3.63, 3.8) is 0 Å². The van der Waals surface area contributed by atoms with E-state index in [0.717, 1.165) is 12.2 Å². The van der Waals surface area contributed by atoms with Gasteiger partial charge < -0.3 is 4.74 Å². The minimum atomic E-state index is 0.894. The molecule has 18 heavy (non-hydrogen) atoms. The summed E-state index contributed by atoms with van der Waals surface area (Å²) in [6.07, 6.45) is 5.31. The number of methoxy groups -OCH3 is 1. The second kappa shape index (κ2) is 6.06. The first-order valence-electron chi connectivity index (χ1n) is 6.14. The van der Waals surface area contributed by atoms with Crippen molar-refractivity contribution in [3.05, 3.63) is 71.3 Å². The standard InChI is InChI=1S/C17H18O/c1-14-6-3-4-8-16(14)9-5-7-15-10-12-17(18-2)13-11-15/h3-8,10-13H,9H2,1-2H3/b7-5+. The molecule has 0 saturated carbocycles. The maximum atomic E-state index is 5.13. The molecule has 0 atom stereocenters. The molecule has 0 N–H and O–H groups in total. The average Bonchev–Trinajstić information content (AvgIpc) is 2.42. The van der Waals surface area contributed by atoms with Gasteiger partial charge in [0.2, 0.25) is 0 Å². The topological polar surface area (TPSA) is 9.23 Å². The molecule has 1 nitrogen and oxygen atoms in total. The Morgan fingerprint density at radius 1 is 1.00 bits per heavy atom. The third-order valence-electron chi connectivity index (χ3n) is 3.03. The molecule has 0 aromatic heterocycles. The molecule has 0 spiro atoms. The van der Waals surface area contributed by atoms with Crippen LogP contribution in [0.5, 0.6) is 5.75 Å². The zero-order chi connectivity index (χ0) is 12.8. The third kappa shape index (κ3) is 3.24. The van der Waals surface area contributed by atoms with Gasteiger partial charge in [-0.1, -0.05) is 48.6 Å². The highest BCUT2D eigenvalue weighted by atomic mass is 16.5. The predicted molar refractivity (Wildman–Crippen MR) is 76.9 cm³/mol. The Morgan fingerprint density at radius 3 is 2.39 bits per heavy atom. The van der Waals surface area contributed by atoms with Crippen LogP contribution in [0.2, 0.25) is 0 Å². The number of hydrogen-bond acceptors (Lipinski definition) is 1. The van der Waals surface area contributed by atoms with Crippen LogP contribution in [-0.2, 0) is 6.42 Å². The van der Waals surface area contributed by atoms with Crippen LogP contribution >= 0.6 is 0 Å². The van der Waals surface area contributed by atoms with E-state index in [1.54, 1.807) is 7.11 Å². The first-order chi connectivity index (χ1) is 8.79. The Labute approximate surface area is 109 Å². The van der Waals surface area contributed by atoms with Crippen molar-refractivity contribution in [1.82, 2.24) is 0 Å². The van der Waals surface area contributed by atoms with Crippen molar-refractivity contribution in [2.75, 3.05) is 7.11 Å². The van der Waals surface area contributed by atoms with Gasteiger partial charge in [0.05, 0.1) is 7.11 Å². The van der Waals surface area contributed by atoms with Gasteiger partial charge in [-0.25, -0.2) is 0 Å². The van der Waals surface area contributed by atoms with E-state index in [1.807, 2.05) is 12.1 Å². The molecule has 0 aliphatic rings. The quantitative estimate of drug-likeness (QED) is 0.773. The molecule has 0 saturated heterocycles. The summed E-state index contributed by atoms with van der Waals surface area (Å²) < 4.78 is 5.13. The van der Waals surface area contributed by atoms with E-state index < -0.39 is 0 Å². The van der Waals surface area contributed by atoms with Crippen molar-refractivity contribution in [2.45, 2.75) is 13.3 Å². The van der Waals surface area contributed by atoms with Crippen LogP contribution in [0.4, 0.5) is 0 Å². The molecule has 92 valence electrons. The van der Waals surface area contributed by atoms with Crippen molar-refractivity contribution in [1.29, 1.82) is 0 Å². The fourth-order valence-electron chi connectivity index (χ4n) is 1.88. The molecule has 0 amide bonds. The lowest BCUT2D eigenvalue weighted by molar-refractivity contribution is 0.415. The van der Waals surface area contributed by atoms with Gasteiger partial charge in [0, 0.05) is 0 Å². The Hall–Kier alpha value is -2.02. The highest BCUT2D eigenvalue weighted by molar-refractivity contribution is 5.51. The summed E-state index contributed by atoms with van der Waals surface area (Å²) >= 11 is 0. The van der Waals surface area contributed by atoms with Gasteiger partial charge in [-0.2, -0.15) is 0 Å². The lowest BCUT2D eigenvalue weighted by atomic mass is 10.1. The molecule has 2 aromatic rings. The second-order valence-corrected chi connectivity index (χ2v) is 4.31. The summed E-state index contributed by atoms with van der Waals surface area (Å²) in [5, 5.41) is 0. The van der Waals surface area contributed by atoms with E-state index in [0.29, 0.717) is 0 Å². The number of rotatable bonds is 4. The van der Waals surface area contributed by atoms with Crippen LogP contribution in [0.25, 0.3) is 6.08 Å². The fourth-order valence-corrected chi connectivity index (χ4v) is 1.88. The first-order valence-corrected chi connectivity index (χ1v) is 6.14. The smallest absolute Gasteiger partial charge is 0.118 e. The monoisotopic (exact) mass is 238 g/mol. The zero-order valence-electron chi connectivity index (χ0n) is 10.9. The molecule has 0 aliphatic carbocycles. The van der Waals surface area contributed by atoms with E-state index in [1.165, 1.54) is 16.7 Å². The van der Waals surface area contributed by atoms with Crippen LogP contribution < -0.4 is 4.74 Å². The number of hydrogen-bond donors (Lipinski definition) is 0. The number of ether oxygens (including phenoxy) is 1. The minimum absolute atomic E-state index is 0.894. The van der Waals surface area contributed by atoms with E-state index >= 15 is 0 Å². The van der Waals surface area contributed by atoms with E-state index in [2.05, 4.69) is 55.5 Å². The Kier molecular flexibility index (Phi) is 4.19. The zero-order valence-corrected chi connectivity index (χ0v) is 10.9. The summed E-state index contributed by atoms with van der Waals surface area (Å²) in [7, 11) is 1.68. The van der Waals surface area contributed by atoms with E-state index in [-0.39, 0.29) is 0 Å². The van der Waals surface area contributed by atoms with Crippen LogP contribution in [0.1, 0.15) is 16.7 Å². The molecular weight excluding hydrogens is 220 g/mol. The third-order valence-corrected chi connectivity index (χ3v) is 3.03. The Morgan fingerprint density at radius 2 is 1.72 bits per heavy atom. The lowest BCUT2D eigenvalue weighted by Gasteiger charge is -2.01. The molecule has 0 aliphatic heterocycles. The molecule has 0 bridgehead atoms. The van der Waals surface area contributed by atoms with Crippen LogP contribution in [0, 0.1) is 6.92 Å². The summed E-state index contributed by atoms with van der Waals surface area (Å²) in [6.45, 7) is 2.15. The first kappa shape index (κ1) is 12.4. The van der Waals surface area contributed by atoms with Gasteiger partial charge in [0.25, 0.3) is 0 Å². The minimum Gasteiger partial charge on any atom is -0.497 e. The molecule has 2 rings (SSSR count). The largest absolute Gasteiger partial charge is 0.497 e. The van der Waals surface area contributed by atoms with Gasteiger partial charge in [0.1, 0.15) is 5.75 Å². The maximum Gasteiger partial charge on any atom is 0.118 e. The van der Waals surface area contributed by atoms with Crippen molar-refractivity contribution < 1.29 is 4.74 Å². The molecule has 1 heteroatoms. The van der Waals surface area contributed by atoms with Gasteiger partial charge in [0.15, 0.2) is 0 Å². The van der Waals surface area contributed by atoms with Crippen molar-refractivity contribution in [3.8, 4) is 5.75 Å². The van der Waals surface area contributed by atoms with Gasteiger partial charge in [-0.05, 0) is 42.2 Å². The molecule has 2 aromatic carbocycles. The fraction of sp³-hybridized carbons (Fsp3) is 0.176. The predicted octanol–water partition coefficient (Wildman–Crippen LogP) is 4.26. The number of allylic oxidation sites excluding steroid dienone is 1. The van der Waals surface area contributed by atoms with Crippen LogP contribution in [0.15, 0.2) is 54.6 Å². The summed E-state index contributed by atoms with van der Waals surface area (Å²) in [5.41, 5.74) is 3.92. The van der Waals surface area contributed by atoms with Crippen molar-refractivity contribution >= 4 is 6.08 Å². The molecule has 0 unspecified atom stereocenters. The van der Waals surface area contributed by atoms with Crippen LogP contribution in [0.3, 0.4) is 0 Å². The number of aryl methyl sites for hydroxylation is 1. The lowest BCUT2D eigenvalue weighted by Crippen LogP contribution is -1.85. The van der Waals surface area contributed by atoms with E-state index in [4.69, 9.17) is 4.74 Å². The second-order valence-electron chi connectivity index (χ2n) is 4.31. The van der Waals surface area contributed by atoms with Gasteiger partial charge >= 0.3 is 0 Å². The Balaban J connectivity index is 2.01. The summed E-state index contributed by atoms with van der Waals surface area (Å²) in [5.74, 6) is 0.894. The molecule has 0 radical (unpaired) electrons. The normalized spacial score (nSPS) is 10.8. The average molecular weight is 238 g/mol. The molecular formula is C17H18O. The highest BCUT2D eigenvalue weighted by Crippen LogP contribution is 2.13. The highest BCUT2D eigenvalue weighted by Gasteiger charge is 1.94.